The van der Waals surface area contributed by atoms with E-state index in [0.717, 1.165) is 11.9 Å². The molecule has 1 aromatic heterocycles. The molecule has 8 nitrogen and oxygen atoms in total. The van der Waals surface area contributed by atoms with Crippen molar-refractivity contribution in [3.05, 3.63) is 65.6 Å². The number of rotatable bonds is 6. The zero-order chi connectivity index (χ0) is 22.8. The number of hydrogen-bond donors (Lipinski definition) is 1. The SMILES string of the molecule is COc1ccccc1Oc1c(Cl)ncnc1N(c1ccc(C(C)(C)C)cc1)S(=O)(=O)O. The first kappa shape index (κ1) is 22.8. The second-order valence-corrected chi connectivity index (χ2v) is 9.23. The molecule has 31 heavy (non-hydrogen) atoms. The Hall–Kier alpha value is -2.88. The molecule has 0 unspecified atom stereocenters. The van der Waals surface area contributed by atoms with Gasteiger partial charge < -0.3 is 9.47 Å². The van der Waals surface area contributed by atoms with Crippen LogP contribution in [0.3, 0.4) is 0 Å². The van der Waals surface area contributed by atoms with Crippen molar-refractivity contribution in [2.75, 3.05) is 11.4 Å². The summed E-state index contributed by atoms with van der Waals surface area (Å²) in [5.41, 5.74) is 0.991. The Morgan fingerprint density at radius 3 is 2.16 bits per heavy atom. The van der Waals surface area contributed by atoms with Gasteiger partial charge in [-0.3, -0.25) is 4.55 Å². The molecule has 0 amide bonds. The first-order chi connectivity index (χ1) is 14.5. The lowest BCUT2D eigenvalue weighted by atomic mass is 9.87. The summed E-state index contributed by atoms with van der Waals surface area (Å²) in [5, 5.41) is -0.143. The number of anilines is 2. The molecule has 2 aromatic carbocycles. The molecule has 0 aliphatic rings. The lowest BCUT2D eigenvalue weighted by Crippen LogP contribution is -2.27. The predicted octanol–water partition coefficient (Wildman–Crippen LogP) is 5.17. The van der Waals surface area contributed by atoms with E-state index in [1.54, 1.807) is 48.5 Å². The van der Waals surface area contributed by atoms with Crippen LogP contribution in [-0.2, 0) is 15.7 Å². The number of benzene rings is 2. The van der Waals surface area contributed by atoms with Crippen LogP contribution in [0.15, 0.2) is 54.9 Å². The van der Waals surface area contributed by atoms with Crippen molar-refractivity contribution in [2.24, 2.45) is 0 Å². The van der Waals surface area contributed by atoms with Crippen LogP contribution in [0, 0.1) is 0 Å². The highest BCUT2D eigenvalue weighted by Crippen LogP contribution is 2.42. The maximum Gasteiger partial charge on any atom is 0.365 e. The Kier molecular flexibility index (Phi) is 6.40. The molecular weight excluding hydrogens is 442 g/mol. The number of hydrogen-bond acceptors (Lipinski definition) is 6. The molecule has 0 fully saturated rings. The quantitative estimate of drug-likeness (QED) is 0.397. The number of para-hydroxylation sites is 2. The minimum absolute atomic E-state index is 0.141. The van der Waals surface area contributed by atoms with E-state index in [9.17, 15) is 13.0 Å². The summed E-state index contributed by atoms with van der Waals surface area (Å²) < 4.78 is 46.5. The van der Waals surface area contributed by atoms with E-state index in [1.807, 2.05) is 20.8 Å². The maximum atomic E-state index is 12.4. The molecule has 1 N–H and O–H groups in total. The zero-order valence-corrected chi connectivity index (χ0v) is 19.0. The largest absolute Gasteiger partial charge is 0.493 e. The summed E-state index contributed by atoms with van der Waals surface area (Å²) in [4.78, 5) is 7.91. The van der Waals surface area contributed by atoms with E-state index in [4.69, 9.17) is 21.1 Å². The minimum Gasteiger partial charge on any atom is -0.493 e. The number of halogens is 1. The van der Waals surface area contributed by atoms with Crippen LogP contribution in [0.5, 0.6) is 17.2 Å². The van der Waals surface area contributed by atoms with Crippen molar-refractivity contribution >= 4 is 33.4 Å². The molecule has 0 spiro atoms. The van der Waals surface area contributed by atoms with Gasteiger partial charge in [0, 0.05) is 0 Å². The number of aromatic nitrogens is 2. The number of ether oxygens (including phenoxy) is 2. The van der Waals surface area contributed by atoms with Gasteiger partial charge in [-0.25, -0.2) is 9.97 Å². The van der Waals surface area contributed by atoms with Gasteiger partial charge in [-0.2, -0.15) is 12.7 Å². The average molecular weight is 464 g/mol. The van der Waals surface area contributed by atoms with E-state index in [1.165, 1.54) is 7.11 Å². The predicted molar refractivity (Wildman–Crippen MR) is 119 cm³/mol. The molecule has 3 aromatic rings. The molecule has 0 bridgehead atoms. The molecule has 0 saturated carbocycles. The fourth-order valence-corrected chi connectivity index (χ4v) is 3.75. The molecule has 0 saturated heterocycles. The summed E-state index contributed by atoms with van der Waals surface area (Å²) in [6.07, 6.45) is 1.08. The Bertz CT molecular complexity index is 1180. The molecule has 10 heteroatoms. The highest BCUT2D eigenvalue weighted by molar-refractivity contribution is 7.87. The second-order valence-electron chi connectivity index (χ2n) is 7.61. The number of nitrogens with zero attached hydrogens (tertiary/aromatic N) is 3. The highest BCUT2D eigenvalue weighted by Gasteiger charge is 2.30. The van der Waals surface area contributed by atoms with Gasteiger partial charge in [0.05, 0.1) is 12.8 Å². The van der Waals surface area contributed by atoms with Crippen LogP contribution in [-0.4, -0.2) is 30.0 Å². The van der Waals surface area contributed by atoms with Crippen molar-refractivity contribution in [2.45, 2.75) is 26.2 Å². The summed E-state index contributed by atoms with van der Waals surface area (Å²) in [7, 11) is -3.33. The topological polar surface area (TPSA) is 102 Å². The third kappa shape index (κ3) is 5.07. The smallest absolute Gasteiger partial charge is 0.365 e. The van der Waals surface area contributed by atoms with Crippen LogP contribution in [0.25, 0.3) is 0 Å². The van der Waals surface area contributed by atoms with Crippen molar-refractivity contribution < 1.29 is 22.4 Å². The van der Waals surface area contributed by atoms with Gasteiger partial charge in [0.1, 0.15) is 6.33 Å². The molecule has 164 valence electrons. The van der Waals surface area contributed by atoms with Crippen LogP contribution in [0.2, 0.25) is 5.15 Å². The van der Waals surface area contributed by atoms with Gasteiger partial charge in [-0.1, -0.05) is 56.6 Å². The first-order valence-electron chi connectivity index (χ1n) is 9.22. The molecular formula is C21H22ClN3O5S. The van der Waals surface area contributed by atoms with Crippen LogP contribution in [0.4, 0.5) is 11.5 Å². The molecule has 0 aliphatic carbocycles. The van der Waals surface area contributed by atoms with E-state index in [0.29, 0.717) is 10.1 Å². The number of methoxy groups -OCH3 is 1. The van der Waals surface area contributed by atoms with Gasteiger partial charge in [-0.05, 0) is 35.2 Å². The molecule has 3 rings (SSSR count). The van der Waals surface area contributed by atoms with Crippen molar-refractivity contribution in [3.63, 3.8) is 0 Å². The van der Waals surface area contributed by atoms with E-state index >= 15 is 0 Å². The molecule has 0 aliphatic heterocycles. The van der Waals surface area contributed by atoms with Gasteiger partial charge in [0.2, 0.25) is 5.75 Å². The summed E-state index contributed by atoms with van der Waals surface area (Å²) in [6.45, 7) is 6.10. The maximum absolute atomic E-state index is 12.4. The first-order valence-corrected chi connectivity index (χ1v) is 11.0. The van der Waals surface area contributed by atoms with Crippen molar-refractivity contribution in [1.82, 2.24) is 9.97 Å². The Labute approximate surface area is 186 Å². The van der Waals surface area contributed by atoms with E-state index in [2.05, 4.69) is 9.97 Å². The standard InChI is InChI=1S/C21H22ClN3O5S/c1-21(2,3)14-9-11-15(12-10-14)25(31(26,27)28)20-18(19(22)23-13-24-20)30-17-8-6-5-7-16(17)29-4/h5-13H,1-4H3,(H,26,27,28). The lowest BCUT2D eigenvalue weighted by molar-refractivity contribution is 0.378. The fraction of sp³-hybridized carbons (Fsp3) is 0.238. The van der Waals surface area contributed by atoms with E-state index in [-0.39, 0.29) is 33.6 Å². The highest BCUT2D eigenvalue weighted by atomic mass is 35.5. The summed E-state index contributed by atoms with van der Waals surface area (Å²) >= 11 is 6.22. The molecule has 0 radical (unpaired) electrons. The Balaban J connectivity index is 2.15. The van der Waals surface area contributed by atoms with Gasteiger partial charge in [-0.15, -0.1) is 0 Å². The summed E-state index contributed by atoms with van der Waals surface area (Å²) in [6, 6.07) is 13.4. The van der Waals surface area contributed by atoms with Crippen molar-refractivity contribution in [3.8, 4) is 17.2 Å². The van der Waals surface area contributed by atoms with E-state index < -0.39 is 10.3 Å². The fourth-order valence-electron chi connectivity index (χ4n) is 2.85. The van der Waals surface area contributed by atoms with Crippen LogP contribution >= 0.6 is 11.6 Å². The van der Waals surface area contributed by atoms with Crippen molar-refractivity contribution in [1.29, 1.82) is 0 Å². The minimum atomic E-state index is -4.79. The normalized spacial score (nSPS) is 11.8. The van der Waals surface area contributed by atoms with Crippen LogP contribution < -0.4 is 13.8 Å². The second kappa shape index (κ2) is 8.70. The Morgan fingerprint density at radius 1 is 1.00 bits per heavy atom. The average Bonchev–Trinajstić information content (AvgIpc) is 2.69. The van der Waals surface area contributed by atoms with Gasteiger partial charge in [0.25, 0.3) is 0 Å². The zero-order valence-electron chi connectivity index (χ0n) is 17.4. The lowest BCUT2D eigenvalue weighted by Gasteiger charge is -2.24. The Morgan fingerprint density at radius 2 is 1.61 bits per heavy atom. The monoisotopic (exact) mass is 463 g/mol. The van der Waals surface area contributed by atoms with Crippen LogP contribution in [0.1, 0.15) is 26.3 Å². The molecule has 0 atom stereocenters. The third-order valence-corrected chi connectivity index (χ3v) is 5.53. The van der Waals surface area contributed by atoms with Gasteiger partial charge >= 0.3 is 10.3 Å². The summed E-state index contributed by atoms with van der Waals surface area (Å²) in [5.74, 6) is 0.241. The third-order valence-electron chi connectivity index (χ3n) is 4.41. The molecule has 1 heterocycles. The van der Waals surface area contributed by atoms with Gasteiger partial charge in [0.15, 0.2) is 22.5 Å².